The topological polar surface area (TPSA) is 84.3 Å². The van der Waals surface area contributed by atoms with Crippen molar-refractivity contribution in [1.29, 1.82) is 0 Å². The van der Waals surface area contributed by atoms with Crippen LogP contribution in [0.3, 0.4) is 0 Å². The molecule has 0 amide bonds. The molecule has 1 aliphatic rings. The molecular weight excluding hydrogens is 234 g/mol. The number of carbonyl (C=O) groups excluding carboxylic acids is 1. The Labute approximate surface area is 104 Å². The lowest BCUT2D eigenvalue weighted by molar-refractivity contribution is 0.0985. The van der Waals surface area contributed by atoms with Crippen LogP contribution in [-0.2, 0) is 0 Å². The molecule has 2 rings (SSSR count). The molecule has 0 radical (unpaired) electrons. The van der Waals surface area contributed by atoms with Gasteiger partial charge in [0.25, 0.3) is 0 Å². The molecule has 1 aromatic rings. The van der Waals surface area contributed by atoms with Crippen LogP contribution >= 0.6 is 0 Å². The summed E-state index contributed by atoms with van der Waals surface area (Å²) in [6, 6.07) is 5.12. The van der Waals surface area contributed by atoms with Crippen LogP contribution in [0.1, 0.15) is 23.2 Å². The molecule has 1 heterocycles. The summed E-state index contributed by atoms with van der Waals surface area (Å²) in [5, 5.41) is 3.34. The van der Waals surface area contributed by atoms with Crippen LogP contribution in [0.2, 0.25) is 0 Å². The highest BCUT2D eigenvalue weighted by atomic mass is 16.5. The Bertz CT molecular complexity index is 495. The van der Waals surface area contributed by atoms with Crippen molar-refractivity contribution in [2.24, 2.45) is 5.11 Å². The predicted molar refractivity (Wildman–Crippen MR) is 65.0 cm³/mol. The Morgan fingerprint density at radius 1 is 1.33 bits per heavy atom. The van der Waals surface area contributed by atoms with E-state index in [2.05, 4.69) is 10.0 Å². The number of Topliss-reactive ketones (excluding diaryl/α,β-unsaturated/α-hetero) is 1. The minimum atomic E-state index is -0.0713. The van der Waals surface area contributed by atoms with Gasteiger partial charge in [0.15, 0.2) is 17.3 Å². The molecule has 0 fully saturated rings. The molecular formula is C12H13N3O3. The van der Waals surface area contributed by atoms with Crippen molar-refractivity contribution in [3.63, 3.8) is 0 Å². The lowest BCUT2D eigenvalue weighted by Gasteiger charge is -2.08. The van der Waals surface area contributed by atoms with E-state index in [9.17, 15) is 4.79 Å². The van der Waals surface area contributed by atoms with Crippen molar-refractivity contribution in [2.75, 3.05) is 19.8 Å². The number of azide groups is 1. The highest BCUT2D eigenvalue weighted by Gasteiger charge is 2.13. The van der Waals surface area contributed by atoms with E-state index >= 15 is 0 Å². The summed E-state index contributed by atoms with van der Waals surface area (Å²) in [7, 11) is 0. The van der Waals surface area contributed by atoms with Crippen LogP contribution in [0, 0.1) is 0 Å². The normalized spacial score (nSPS) is 13.3. The minimum Gasteiger partial charge on any atom is -0.490 e. The number of benzene rings is 1. The van der Waals surface area contributed by atoms with Crippen molar-refractivity contribution in [3.05, 3.63) is 34.2 Å². The first-order chi connectivity index (χ1) is 8.81. The van der Waals surface area contributed by atoms with E-state index < -0.39 is 0 Å². The molecule has 1 aromatic carbocycles. The number of hydrogen-bond donors (Lipinski definition) is 0. The fourth-order valence-electron chi connectivity index (χ4n) is 1.68. The summed E-state index contributed by atoms with van der Waals surface area (Å²) >= 11 is 0. The number of fused-ring (bicyclic) bond motifs is 1. The van der Waals surface area contributed by atoms with E-state index in [0.717, 1.165) is 6.42 Å². The largest absolute Gasteiger partial charge is 0.490 e. The molecule has 0 aromatic heterocycles. The van der Waals surface area contributed by atoms with Crippen molar-refractivity contribution < 1.29 is 14.3 Å². The van der Waals surface area contributed by atoms with E-state index in [1.54, 1.807) is 18.2 Å². The van der Waals surface area contributed by atoms with Gasteiger partial charge in [-0.15, -0.1) is 0 Å². The average Bonchev–Trinajstić information content (AvgIpc) is 2.63. The van der Waals surface area contributed by atoms with Crippen molar-refractivity contribution in [3.8, 4) is 11.5 Å². The van der Waals surface area contributed by atoms with Crippen LogP contribution in [0.25, 0.3) is 10.4 Å². The van der Waals surface area contributed by atoms with Crippen LogP contribution in [-0.4, -0.2) is 25.5 Å². The molecule has 0 bridgehead atoms. The van der Waals surface area contributed by atoms with Gasteiger partial charge in [-0.05, 0) is 23.7 Å². The van der Waals surface area contributed by atoms with Gasteiger partial charge in [0, 0.05) is 29.9 Å². The Hall–Kier alpha value is -2.20. The first kappa shape index (κ1) is 12.3. The average molecular weight is 247 g/mol. The van der Waals surface area contributed by atoms with Gasteiger partial charge in [-0.1, -0.05) is 5.11 Å². The van der Waals surface area contributed by atoms with Gasteiger partial charge in [-0.2, -0.15) is 0 Å². The third-order valence-corrected chi connectivity index (χ3v) is 2.57. The zero-order valence-corrected chi connectivity index (χ0v) is 9.83. The van der Waals surface area contributed by atoms with Crippen molar-refractivity contribution in [1.82, 2.24) is 0 Å². The van der Waals surface area contributed by atoms with Crippen LogP contribution < -0.4 is 9.47 Å². The number of ether oxygens (including phenoxy) is 2. The molecule has 6 nitrogen and oxygen atoms in total. The van der Waals surface area contributed by atoms with Gasteiger partial charge in [0.05, 0.1) is 13.2 Å². The quantitative estimate of drug-likeness (QED) is 0.355. The molecule has 0 saturated heterocycles. The smallest absolute Gasteiger partial charge is 0.163 e. The number of rotatable bonds is 4. The summed E-state index contributed by atoms with van der Waals surface area (Å²) in [5.74, 6) is 1.19. The molecule has 94 valence electrons. The van der Waals surface area contributed by atoms with Gasteiger partial charge in [-0.3, -0.25) is 4.79 Å². The van der Waals surface area contributed by atoms with Crippen LogP contribution in [0.5, 0.6) is 11.5 Å². The number of ketones is 1. The van der Waals surface area contributed by atoms with Gasteiger partial charge in [0.1, 0.15) is 0 Å². The SMILES string of the molecule is [N-]=[N+]=NCCC(=O)c1ccc2c(c1)OCCCO2. The maximum absolute atomic E-state index is 11.8. The molecule has 0 spiro atoms. The van der Waals surface area contributed by atoms with Gasteiger partial charge in [-0.25, -0.2) is 0 Å². The standard InChI is InChI=1S/C12H13N3O3/c13-15-14-5-4-10(16)9-2-3-11-12(8-9)18-7-1-6-17-11/h2-3,8H,1,4-7H2. The zero-order valence-electron chi connectivity index (χ0n) is 9.83. The second-order valence-electron chi connectivity index (χ2n) is 3.84. The summed E-state index contributed by atoms with van der Waals surface area (Å²) in [6.07, 6.45) is 1.03. The molecule has 1 aliphatic heterocycles. The fourth-order valence-corrected chi connectivity index (χ4v) is 1.68. The minimum absolute atomic E-state index is 0.0713. The third-order valence-electron chi connectivity index (χ3n) is 2.57. The van der Waals surface area contributed by atoms with E-state index in [1.807, 2.05) is 0 Å². The Morgan fingerprint density at radius 2 is 2.11 bits per heavy atom. The molecule has 0 atom stereocenters. The zero-order chi connectivity index (χ0) is 12.8. The highest BCUT2D eigenvalue weighted by molar-refractivity contribution is 5.96. The highest BCUT2D eigenvalue weighted by Crippen LogP contribution is 2.30. The summed E-state index contributed by atoms with van der Waals surface area (Å²) in [6.45, 7) is 1.38. The lowest BCUT2D eigenvalue weighted by atomic mass is 10.1. The molecule has 0 saturated carbocycles. The van der Waals surface area contributed by atoms with Gasteiger partial charge < -0.3 is 9.47 Å². The summed E-state index contributed by atoms with van der Waals surface area (Å²) in [4.78, 5) is 14.4. The molecule has 0 aliphatic carbocycles. The van der Waals surface area contributed by atoms with Crippen molar-refractivity contribution in [2.45, 2.75) is 12.8 Å². The number of hydrogen-bond acceptors (Lipinski definition) is 4. The Balaban J connectivity index is 2.12. The second-order valence-corrected chi connectivity index (χ2v) is 3.84. The maximum atomic E-state index is 11.8. The monoisotopic (exact) mass is 247 g/mol. The molecule has 6 heteroatoms. The first-order valence-electron chi connectivity index (χ1n) is 5.75. The summed E-state index contributed by atoms with van der Waals surface area (Å²) in [5.41, 5.74) is 8.70. The number of carbonyl (C=O) groups is 1. The van der Waals surface area contributed by atoms with Crippen molar-refractivity contribution >= 4 is 5.78 Å². The first-order valence-corrected chi connectivity index (χ1v) is 5.75. The predicted octanol–water partition coefficient (Wildman–Crippen LogP) is 2.73. The fraction of sp³-hybridized carbons (Fsp3) is 0.417. The van der Waals surface area contributed by atoms with E-state index in [0.29, 0.717) is 30.3 Å². The third kappa shape index (κ3) is 2.93. The molecule has 18 heavy (non-hydrogen) atoms. The van der Waals surface area contributed by atoms with E-state index in [4.69, 9.17) is 15.0 Å². The molecule has 0 unspecified atom stereocenters. The molecule has 0 N–H and O–H groups in total. The maximum Gasteiger partial charge on any atom is 0.163 e. The second kappa shape index (κ2) is 5.93. The van der Waals surface area contributed by atoms with E-state index in [-0.39, 0.29) is 18.7 Å². The van der Waals surface area contributed by atoms with Gasteiger partial charge in [0.2, 0.25) is 0 Å². The number of nitrogens with zero attached hydrogens (tertiary/aromatic N) is 3. The van der Waals surface area contributed by atoms with Crippen LogP contribution in [0.15, 0.2) is 23.3 Å². The Kier molecular flexibility index (Phi) is 4.04. The summed E-state index contributed by atoms with van der Waals surface area (Å²) < 4.78 is 11.0. The Morgan fingerprint density at radius 3 is 2.89 bits per heavy atom. The van der Waals surface area contributed by atoms with E-state index in [1.165, 1.54) is 0 Å². The van der Waals surface area contributed by atoms with Crippen LogP contribution in [0.4, 0.5) is 0 Å². The lowest BCUT2D eigenvalue weighted by Crippen LogP contribution is -2.02. The van der Waals surface area contributed by atoms with Gasteiger partial charge >= 0.3 is 0 Å².